The Balaban J connectivity index is 1.69. The van der Waals surface area contributed by atoms with Crippen molar-refractivity contribution >= 4 is 11.6 Å². The zero-order chi connectivity index (χ0) is 14.1. The molecule has 1 atom stereocenters. The quantitative estimate of drug-likeness (QED) is 0.911. The molecule has 2 heterocycles. The van der Waals surface area contributed by atoms with E-state index in [2.05, 4.69) is 28.7 Å². The minimum absolute atomic E-state index is 0.0199. The predicted octanol–water partition coefficient (Wildman–Crippen LogP) is 2.70. The van der Waals surface area contributed by atoms with Crippen LogP contribution in [0, 0.1) is 19.8 Å². The molecule has 3 rings (SSSR count). The molecule has 2 aromatic rings. The third-order valence-electron chi connectivity index (χ3n) is 4.09. The maximum Gasteiger partial charge on any atom is 0.228 e. The molecule has 1 aromatic carbocycles. The van der Waals surface area contributed by atoms with Crippen molar-refractivity contribution in [3.8, 4) is 0 Å². The van der Waals surface area contributed by atoms with E-state index in [9.17, 15) is 4.79 Å². The first-order chi connectivity index (χ1) is 9.63. The lowest BCUT2D eigenvalue weighted by atomic mass is 9.96. The van der Waals surface area contributed by atoms with Crippen LogP contribution in [-0.2, 0) is 17.8 Å². The Hall–Kier alpha value is -2.10. The van der Waals surface area contributed by atoms with Gasteiger partial charge in [0.15, 0.2) is 0 Å². The number of hydrogen-bond acceptors (Lipinski definition) is 2. The molecule has 1 aliphatic heterocycles. The van der Waals surface area contributed by atoms with Crippen molar-refractivity contribution in [3.63, 3.8) is 0 Å². The Labute approximate surface area is 118 Å². The minimum Gasteiger partial charge on any atom is -0.335 e. The topological polar surface area (TPSA) is 46.9 Å². The first kappa shape index (κ1) is 12.9. The number of hydrogen-bond donors (Lipinski definition) is 1. The minimum atomic E-state index is 0.0199. The number of imidazole rings is 1. The number of benzene rings is 1. The van der Waals surface area contributed by atoms with Gasteiger partial charge in [0.05, 0.1) is 0 Å². The molecule has 0 aliphatic carbocycles. The Bertz CT molecular complexity index is 645. The molecule has 4 heteroatoms. The van der Waals surface area contributed by atoms with Crippen LogP contribution in [0.2, 0.25) is 0 Å². The molecule has 1 aromatic heterocycles. The van der Waals surface area contributed by atoms with E-state index in [1.54, 1.807) is 6.20 Å². The molecule has 1 unspecified atom stereocenters. The van der Waals surface area contributed by atoms with E-state index in [-0.39, 0.29) is 11.8 Å². The van der Waals surface area contributed by atoms with E-state index in [4.69, 9.17) is 0 Å². The maximum absolute atomic E-state index is 12.3. The Morgan fingerprint density at radius 1 is 1.35 bits per heavy atom. The number of aryl methyl sites for hydroxylation is 3. The summed E-state index contributed by atoms with van der Waals surface area (Å²) in [4.78, 5) is 16.7. The van der Waals surface area contributed by atoms with Gasteiger partial charge >= 0.3 is 0 Å². The van der Waals surface area contributed by atoms with Gasteiger partial charge in [-0.3, -0.25) is 4.79 Å². The highest BCUT2D eigenvalue weighted by Gasteiger charge is 2.25. The Morgan fingerprint density at radius 3 is 3.00 bits per heavy atom. The SMILES string of the molecule is Cc1ccc(NC(=O)C2CCn3ccnc3C2)cc1C. The van der Waals surface area contributed by atoms with E-state index in [1.807, 2.05) is 24.4 Å². The average molecular weight is 269 g/mol. The largest absolute Gasteiger partial charge is 0.335 e. The molecule has 0 radical (unpaired) electrons. The number of fused-ring (bicyclic) bond motifs is 1. The van der Waals surface area contributed by atoms with Gasteiger partial charge in [-0.15, -0.1) is 0 Å². The third-order valence-corrected chi connectivity index (χ3v) is 4.09. The normalized spacial score (nSPS) is 17.6. The van der Waals surface area contributed by atoms with E-state index < -0.39 is 0 Å². The van der Waals surface area contributed by atoms with Crippen LogP contribution in [0.1, 0.15) is 23.4 Å². The highest BCUT2D eigenvalue weighted by atomic mass is 16.1. The molecule has 1 N–H and O–H groups in total. The summed E-state index contributed by atoms with van der Waals surface area (Å²) in [5.74, 6) is 1.13. The number of aromatic nitrogens is 2. The van der Waals surface area contributed by atoms with Gasteiger partial charge in [-0.1, -0.05) is 6.07 Å². The van der Waals surface area contributed by atoms with Crippen molar-refractivity contribution in [2.45, 2.75) is 33.2 Å². The number of carbonyl (C=O) groups is 1. The number of nitrogens with one attached hydrogen (secondary N) is 1. The van der Waals surface area contributed by atoms with Crippen LogP contribution in [0.15, 0.2) is 30.6 Å². The molecular formula is C16H19N3O. The number of nitrogens with zero attached hydrogens (tertiary/aromatic N) is 2. The van der Waals surface area contributed by atoms with E-state index >= 15 is 0 Å². The summed E-state index contributed by atoms with van der Waals surface area (Å²) in [7, 11) is 0. The molecule has 0 fully saturated rings. The van der Waals surface area contributed by atoms with Crippen LogP contribution in [0.3, 0.4) is 0 Å². The third kappa shape index (κ3) is 2.46. The molecule has 0 spiro atoms. The Kier molecular flexibility index (Phi) is 3.30. The highest BCUT2D eigenvalue weighted by Crippen LogP contribution is 2.21. The van der Waals surface area contributed by atoms with Crippen LogP contribution in [0.4, 0.5) is 5.69 Å². The standard InChI is InChI=1S/C16H19N3O/c1-11-3-4-14(9-12(11)2)18-16(20)13-5-7-19-8-6-17-15(19)10-13/h3-4,6,8-9,13H,5,7,10H2,1-2H3,(H,18,20). The lowest BCUT2D eigenvalue weighted by Gasteiger charge is -2.22. The molecule has 1 amide bonds. The van der Waals surface area contributed by atoms with Crippen LogP contribution in [0.5, 0.6) is 0 Å². The molecule has 4 nitrogen and oxygen atoms in total. The number of rotatable bonds is 2. The molecular weight excluding hydrogens is 250 g/mol. The monoisotopic (exact) mass is 269 g/mol. The zero-order valence-corrected chi connectivity index (χ0v) is 11.9. The highest BCUT2D eigenvalue weighted by molar-refractivity contribution is 5.92. The molecule has 20 heavy (non-hydrogen) atoms. The molecule has 104 valence electrons. The maximum atomic E-state index is 12.3. The second kappa shape index (κ2) is 5.12. The van der Waals surface area contributed by atoms with Gasteiger partial charge in [-0.2, -0.15) is 0 Å². The summed E-state index contributed by atoms with van der Waals surface area (Å²) >= 11 is 0. The molecule has 1 aliphatic rings. The smallest absolute Gasteiger partial charge is 0.228 e. The first-order valence-electron chi connectivity index (χ1n) is 7.01. The summed E-state index contributed by atoms with van der Waals surface area (Å²) in [6.45, 7) is 5.00. The summed E-state index contributed by atoms with van der Waals surface area (Å²) in [5, 5.41) is 3.03. The van der Waals surface area contributed by atoms with Gasteiger partial charge in [0.1, 0.15) is 5.82 Å². The Morgan fingerprint density at radius 2 is 2.20 bits per heavy atom. The number of carbonyl (C=O) groups excluding carboxylic acids is 1. The number of amides is 1. The van der Waals surface area contributed by atoms with Crippen LogP contribution >= 0.6 is 0 Å². The molecule has 0 saturated carbocycles. The summed E-state index contributed by atoms with van der Waals surface area (Å²) in [6.07, 6.45) is 5.38. The van der Waals surface area contributed by atoms with E-state index in [0.717, 1.165) is 30.9 Å². The van der Waals surface area contributed by atoms with Crippen LogP contribution < -0.4 is 5.32 Å². The second-order valence-electron chi connectivity index (χ2n) is 5.51. The van der Waals surface area contributed by atoms with Crippen molar-refractivity contribution in [1.82, 2.24) is 9.55 Å². The fourth-order valence-corrected chi connectivity index (χ4v) is 2.64. The average Bonchev–Trinajstić information content (AvgIpc) is 2.90. The summed E-state index contributed by atoms with van der Waals surface area (Å²) < 4.78 is 2.12. The fraction of sp³-hybridized carbons (Fsp3) is 0.375. The summed E-state index contributed by atoms with van der Waals surface area (Å²) in [5.41, 5.74) is 3.32. The van der Waals surface area contributed by atoms with Gasteiger partial charge in [-0.25, -0.2) is 4.98 Å². The fourth-order valence-electron chi connectivity index (χ4n) is 2.64. The van der Waals surface area contributed by atoms with Crippen molar-refractivity contribution in [3.05, 3.63) is 47.5 Å². The number of anilines is 1. The van der Waals surface area contributed by atoms with Crippen molar-refractivity contribution < 1.29 is 4.79 Å². The van der Waals surface area contributed by atoms with Gasteiger partial charge in [0, 0.05) is 37.0 Å². The zero-order valence-electron chi connectivity index (χ0n) is 11.9. The van der Waals surface area contributed by atoms with Crippen molar-refractivity contribution in [2.75, 3.05) is 5.32 Å². The summed E-state index contributed by atoms with van der Waals surface area (Å²) in [6, 6.07) is 6.03. The second-order valence-corrected chi connectivity index (χ2v) is 5.51. The van der Waals surface area contributed by atoms with Gasteiger partial charge < -0.3 is 9.88 Å². The van der Waals surface area contributed by atoms with Crippen LogP contribution in [-0.4, -0.2) is 15.5 Å². The van der Waals surface area contributed by atoms with Crippen molar-refractivity contribution in [2.24, 2.45) is 5.92 Å². The first-order valence-corrected chi connectivity index (χ1v) is 7.01. The van der Waals surface area contributed by atoms with Crippen LogP contribution in [0.25, 0.3) is 0 Å². The van der Waals surface area contributed by atoms with Gasteiger partial charge in [0.2, 0.25) is 5.91 Å². The van der Waals surface area contributed by atoms with Gasteiger partial charge in [0.25, 0.3) is 0 Å². The van der Waals surface area contributed by atoms with E-state index in [0.29, 0.717) is 0 Å². The van der Waals surface area contributed by atoms with Crippen molar-refractivity contribution in [1.29, 1.82) is 0 Å². The molecule has 0 bridgehead atoms. The van der Waals surface area contributed by atoms with E-state index in [1.165, 1.54) is 11.1 Å². The lowest BCUT2D eigenvalue weighted by Crippen LogP contribution is -2.30. The molecule has 0 saturated heterocycles. The lowest BCUT2D eigenvalue weighted by molar-refractivity contribution is -0.120. The van der Waals surface area contributed by atoms with Gasteiger partial charge in [-0.05, 0) is 43.5 Å². The predicted molar refractivity (Wildman–Crippen MR) is 78.6 cm³/mol.